The third-order valence-corrected chi connectivity index (χ3v) is 4.49. The lowest BCUT2D eigenvalue weighted by atomic mass is 10.1. The van der Waals surface area contributed by atoms with Crippen molar-refractivity contribution in [1.29, 1.82) is 0 Å². The van der Waals surface area contributed by atoms with Gasteiger partial charge in [0.05, 0.1) is 33.8 Å². The number of hydrogen-bond acceptors (Lipinski definition) is 5. The second-order valence-electron chi connectivity index (χ2n) is 5.01. The van der Waals surface area contributed by atoms with Crippen molar-refractivity contribution in [2.24, 2.45) is 0 Å². The van der Waals surface area contributed by atoms with E-state index in [1.807, 2.05) is 24.4 Å². The summed E-state index contributed by atoms with van der Waals surface area (Å²) in [6, 6.07) is 7.55. The number of hydrogen-bond donors (Lipinski definition) is 1. The quantitative estimate of drug-likeness (QED) is 0.844. The van der Waals surface area contributed by atoms with E-state index in [2.05, 4.69) is 5.32 Å². The highest BCUT2D eigenvalue weighted by molar-refractivity contribution is 7.10. The molecule has 1 heterocycles. The average molecular weight is 335 g/mol. The van der Waals surface area contributed by atoms with Crippen LogP contribution in [0.5, 0.6) is 17.2 Å². The average Bonchev–Trinajstić information content (AvgIpc) is 3.08. The summed E-state index contributed by atoms with van der Waals surface area (Å²) in [7, 11) is 4.66. The van der Waals surface area contributed by atoms with Gasteiger partial charge in [0.15, 0.2) is 11.5 Å². The Bertz CT molecular complexity index is 630. The third kappa shape index (κ3) is 4.16. The zero-order valence-corrected chi connectivity index (χ0v) is 14.5. The molecule has 0 bridgehead atoms. The Morgan fingerprint density at radius 2 is 1.83 bits per heavy atom. The van der Waals surface area contributed by atoms with Crippen LogP contribution in [0.3, 0.4) is 0 Å². The van der Waals surface area contributed by atoms with Crippen molar-refractivity contribution in [2.45, 2.75) is 19.4 Å². The van der Waals surface area contributed by atoms with Crippen LogP contribution in [0.25, 0.3) is 0 Å². The van der Waals surface area contributed by atoms with E-state index in [9.17, 15) is 4.79 Å². The van der Waals surface area contributed by atoms with Crippen LogP contribution in [0.1, 0.15) is 23.4 Å². The topological polar surface area (TPSA) is 56.8 Å². The highest BCUT2D eigenvalue weighted by atomic mass is 32.1. The molecular weight excluding hydrogens is 314 g/mol. The maximum absolute atomic E-state index is 12.3. The molecule has 0 aliphatic rings. The van der Waals surface area contributed by atoms with Crippen LogP contribution in [0, 0.1) is 0 Å². The zero-order chi connectivity index (χ0) is 16.8. The first-order valence-electron chi connectivity index (χ1n) is 7.20. The van der Waals surface area contributed by atoms with Gasteiger partial charge < -0.3 is 19.5 Å². The largest absolute Gasteiger partial charge is 0.493 e. The Morgan fingerprint density at radius 3 is 2.30 bits per heavy atom. The summed E-state index contributed by atoms with van der Waals surface area (Å²) in [5, 5.41) is 4.99. The van der Waals surface area contributed by atoms with Gasteiger partial charge in [0.2, 0.25) is 11.7 Å². The summed E-state index contributed by atoms with van der Waals surface area (Å²) in [5.74, 6) is 1.55. The molecule has 0 aliphatic carbocycles. The van der Waals surface area contributed by atoms with Gasteiger partial charge in [-0.05, 0) is 36.1 Å². The van der Waals surface area contributed by atoms with Gasteiger partial charge in [-0.2, -0.15) is 0 Å². The number of carbonyl (C=O) groups is 1. The van der Waals surface area contributed by atoms with E-state index >= 15 is 0 Å². The minimum atomic E-state index is -0.0554. The molecule has 1 atom stereocenters. The normalized spacial score (nSPS) is 11.7. The Kier molecular flexibility index (Phi) is 5.87. The Labute approximate surface area is 140 Å². The number of ether oxygens (including phenoxy) is 3. The molecule has 0 saturated heterocycles. The minimum absolute atomic E-state index is 0.00969. The SMILES string of the molecule is COc1cc(CC(=O)N[C@@H](C)c2cccs2)cc(OC)c1OC. The fraction of sp³-hybridized carbons (Fsp3) is 0.353. The number of amides is 1. The van der Waals surface area contributed by atoms with E-state index in [0.29, 0.717) is 17.2 Å². The molecule has 23 heavy (non-hydrogen) atoms. The van der Waals surface area contributed by atoms with Crippen molar-refractivity contribution >= 4 is 17.2 Å². The molecule has 2 rings (SSSR count). The Balaban J connectivity index is 2.11. The van der Waals surface area contributed by atoms with Gasteiger partial charge in [-0.1, -0.05) is 6.07 Å². The van der Waals surface area contributed by atoms with Gasteiger partial charge in [-0.15, -0.1) is 11.3 Å². The van der Waals surface area contributed by atoms with E-state index in [1.165, 1.54) is 0 Å². The van der Waals surface area contributed by atoms with Gasteiger partial charge in [0.25, 0.3) is 0 Å². The molecule has 0 fully saturated rings. The summed E-state index contributed by atoms with van der Waals surface area (Å²) in [6.45, 7) is 1.97. The summed E-state index contributed by atoms with van der Waals surface area (Å²) < 4.78 is 15.9. The summed E-state index contributed by atoms with van der Waals surface area (Å²) in [5.41, 5.74) is 0.801. The molecule has 5 nitrogen and oxygen atoms in total. The van der Waals surface area contributed by atoms with Gasteiger partial charge in [-0.3, -0.25) is 4.79 Å². The van der Waals surface area contributed by atoms with Gasteiger partial charge in [0, 0.05) is 4.88 Å². The molecular formula is C17H21NO4S. The van der Waals surface area contributed by atoms with Crippen LogP contribution in [0.2, 0.25) is 0 Å². The maximum Gasteiger partial charge on any atom is 0.224 e. The van der Waals surface area contributed by atoms with Gasteiger partial charge in [0.1, 0.15) is 0 Å². The van der Waals surface area contributed by atoms with Gasteiger partial charge in [-0.25, -0.2) is 0 Å². The van der Waals surface area contributed by atoms with Crippen LogP contribution >= 0.6 is 11.3 Å². The molecule has 1 aromatic carbocycles. The first-order chi connectivity index (χ1) is 11.1. The van der Waals surface area contributed by atoms with Crippen LogP contribution in [0.4, 0.5) is 0 Å². The Morgan fingerprint density at radius 1 is 1.17 bits per heavy atom. The molecule has 124 valence electrons. The lowest BCUT2D eigenvalue weighted by Gasteiger charge is -2.15. The summed E-state index contributed by atoms with van der Waals surface area (Å²) >= 11 is 1.63. The number of rotatable bonds is 7. The van der Waals surface area contributed by atoms with Crippen LogP contribution in [-0.2, 0) is 11.2 Å². The molecule has 0 saturated carbocycles. The molecule has 0 unspecified atom stereocenters. The van der Waals surface area contributed by atoms with Crippen molar-refractivity contribution in [1.82, 2.24) is 5.32 Å². The van der Waals surface area contributed by atoms with Crippen molar-refractivity contribution in [3.05, 3.63) is 40.1 Å². The zero-order valence-electron chi connectivity index (χ0n) is 13.7. The van der Waals surface area contributed by atoms with E-state index < -0.39 is 0 Å². The highest BCUT2D eigenvalue weighted by Crippen LogP contribution is 2.38. The standard InChI is InChI=1S/C17H21NO4S/c1-11(15-6-5-7-23-15)18-16(19)10-12-8-13(20-2)17(22-4)14(9-12)21-3/h5-9,11H,10H2,1-4H3,(H,18,19)/t11-/m0/s1. The fourth-order valence-corrected chi connectivity index (χ4v) is 3.06. The molecule has 1 aromatic heterocycles. The van der Waals surface area contributed by atoms with E-state index in [4.69, 9.17) is 14.2 Å². The van der Waals surface area contributed by atoms with Crippen LogP contribution in [-0.4, -0.2) is 27.2 Å². The lowest BCUT2D eigenvalue weighted by molar-refractivity contribution is -0.121. The van der Waals surface area contributed by atoms with E-state index in [-0.39, 0.29) is 18.4 Å². The van der Waals surface area contributed by atoms with Crippen molar-refractivity contribution in [2.75, 3.05) is 21.3 Å². The van der Waals surface area contributed by atoms with E-state index in [0.717, 1.165) is 10.4 Å². The number of benzene rings is 1. The summed E-state index contributed by atoms with van der Waals surface area (Å²) in [4.78, 5) is 13.4. The predicted octanol–water partition coefficient (Wildman–Crippen LogP) is 3.19. The molecule has 0 aliphatic heterocycles. The number of carbonyl (C=O) groups excluding carboxylic acids is 1. The summed E-state index contributed by atoms with van der Waals surface area (Å²) in [6.07, 6.45) is 0.242. The third-order valence-electron chi connectivity index (χ3n) is 3.44. The molecule has 6 heteroatoms. The fourth-order valence-electron chi connectivity index (χ4n) is 2.32. The monoisotopic (exact) mass is 335 g/mol. The van der Waals surface area contributed by atoms with E-state index in [1.54, 1.807) is 44.8 Å². The molecule has 0 spiro atoms. The lowest BCUT2D eigenvalue weighted by Crippen LogP contribution is -2.27. The smallest absolute Gasteiger partial charge is 0.224 e. The molecule has 0 radical (unpaired) electrons. The van der Waals surface area contributed by atoms with Crippen LogP contribution in [0.15, 0.2) is 29.6 Å². The highest BCUT2D eigenvalue weighted by Gasteiger charge is 2.16. The number of nitrogens with one attached hydrogen (secondary N) is 1. The van der Waals surface area contributed by atoms with Crippen molar-refractivity contribution < 1.29 is 19.0 Å². The van der Waals surface area contributed by atoms with Crippen molar-refractivity contribution in [3.63, 3.8) is 0 Å². The van der Waals surface area contributed by atoms with Gasteiger partial charge >= 0.3 is 0 Å². The van der Waals surface area contributed by atoms with Crippen molar-refractivity contribution in [3.8, 4) is 17.2 Å². The first-order valence-corrected chi connectivity index (χ1v) is 8.08. The molecule has 2 aromatic rings. The number of thiophene rings is 1. The second kappa shape index (κ2) is 7.87. The molecule has 1 N–H and O–H groups in total. The predicted molar refractivity (Wildman–Crippen MR) is 90.7 cm³/mol. The molecule has 1 amide bonds. The first kappa shape index (κ1) is 17.1. The second-order valence-corrected chi connectivity index (χ2v) is 5.99. The number of methoxy groups -OCH3 is 3. The minimum Gasteiger partial charge on any atom is -0.493 e. The maximum atomic E-state index is 12.3. The Hall–Kier alpha value is -2.21. The van der Waals surface area contributed by atoms with Crippen LogP contribution < -0.4 is 19.5 Å².